The minimum absolute atomic E-state index is 0.00102. The van der Waals surface area contributed by atoms with Gasteiger partial charge >= 0.3 is 0 Å². The predicted octanol–water partition coefficient (Wildman–Crippen LogP) is 4.07. The first-order valence-corrected chi connectivity index (χ1v) is 10.8. The number of imidazole rings is 1. The van der Waals surface area contributed by atoms with Gasteiger partial charge in [0.25, 0.3) is 5.91 Å². The number of benzene rings is 2. The van der Waals surface area contributed by atoms with Gasteiger partial charge in [-0.3, -0.25) is 9.59 Å². The summed E-state index contributed by atoms with van der Waals surface area (Å²) in [6, 6.07) is 15.2. The normalized spacial score (nSPS) is 16.3. The van der Waals surface area contributed by atoms with Gasteiger partial charge in [0.1, 0.15) is 5.82 Å². The van der Waals surface area contributed by atoms with Gasteiger partial charge in [0, 0.05) is 19.0 Å². The largest absolute Gasteiger partial charge is 0.340 e. The Morgan fingerprint density at radius 3 is 2.69 bits per heavy atom. The van der Waals surface area contributed by atoms with Crippen LogP contribution in [0.15, 0.2) is 60.9 Å². The molecule has 0 saturated carbocycles. The maximum atomic E-state index is 13.4. The molecule has 8 heteroatoms. The van der Waals surface area contributed by atoms with Crippen molar-refractivity contribution in [2.75, 3.05) is 11.9 Å². The number of rotatable bonds is 4. The average molecular weight is 428 g/mol. The fourth-order valence-corrected chi connectivity index (χ4v) is 4.24. The summed E-state index contributed by atoms with van der Waals surface area (Å²) in [5.74, 6) is 0.699. The molecular weight excluding hydrogens is 404 g/mol. The molecule has 1 unspecified atom stereocenters. The second kappa shape index (κ2) is 8.30. The third kappa shape index (κ3) is 3.87. The minimum atomic E-state index is -0.147. The molecular formula is C24H24N6O2. The number of aromatic amines is 1. The quantitative estimate of drug-likeness (QED) is 0.512. The third-order valence-corrected chi connectivity index (χ3v) is 5.77. The van der Waals surface area contributed by atoms with E-state index in [4.69, 9.17) is 4.98 Å². The first-order valence-electron chi connectivity index (χ1n) is 10.8. The smallest absolute Gasteiger partial charge is 0.254 e. The molecule has 32 heavy (non-hydrogen) atoms. The molecule has 0 spiro atoms. The van der Waals surface area contributed by atoms with Crippen LogP contribution in [0.25, 0.3) is 16.7 Å². The standard InChI is InChI=1S/C24H24N6O2/c1-16(31)26-18-14-25-30(15-18)19-11-9-17(10-12-19)24(32)29-13-5-4-8-22(29)23-27-20-6-2-3-7-21(20)28-23/h2-3,6-7,9-12,14-15,22H,4-5,8,13H2,1H3,(H,26,31)(H,27,28). The first kappa shape index (κ1) is 20.0. The van der Waals surface area contributed by atoms with Crippen molar-refractivity contribution in [3.8, 4) is 5.69 Å². The second-order valence-electron chi connectivity index (χ2n) is 8.05. The number of fused-ring (bicyclic) bond motifs is 1. The molecule has 2 aromatic heterocycles. The van der Waals surface area contributed by atoms with E-state index in [1.165, 1.54) is 6.92 Å². The summed E-state index contributed by atoms with van der Waals surface area (Å²) in [6.07, 6.45) is 6.27. The van der Waals surface area contributed by atoms with Gasteiger partial charge in [0.2, 0.25) is 5.91 Å². The van der Waals surface area contributed by atoms with Crippen molar-refractivity contribution >= 4 is 28.5 Å². The number of likely N-dealkylation sites (tertiary alicyclic amines) is 1. The van der Waals surface area contributed by atoms with E-state index in [0.29, 0.717) is 17.8 Å². The Labute approximate surface area is 185 Å². The molecule has 2 N–H and O–H groups in total. The van der Waals surface area contributed by atoms with Crippen LogP contribution in [0.5, 0.6) is 0 Å². The number of amides is 2. The molecule has 4 aromatic rings. The van der Waals surface area contributed by atoms with Gasteiger partial charge in [0.15, 0.2) is 0 Å². The molecule has 3 heterocycles. The van der Waals surface area contributed by atoms with E-state index >= 15 is 0 Å². The van der Waals surface area contributed by atoms with E-state index in [2.05, 4.69) is 15.4 Å². The number of carbonyl (C=O) groups excluding carboxylic acids is 2. The first-order chi connectivity index (χ1) is 15.6. The maximum Gasteiger partial charge on any atom is 0.254 e. The van der Waals surface area contributed by atoms with Crippen molar-refractivity contribution < 1.29 is 9.59 Å². The maximum absolute atomic E-state index is 13.4. The van der Waals surface area contributed by atoms with Crippen molar-refractivity contribution in [2.45, 2.75) is 32.2 Å². The summed E-state index contributed by atoms with van der Waals surface area (Å²) < 4.78 is 1.66. The van der Waals surface area contributed by atoms with E-state index in [9.17, 15) is 9.59 Å². The molecule has 162 valence electrons. The summed E-state index contributed by atoms with van der Waals surface area (Å²) in [4.78, 5) is 34.7. The van der Waals surface area contributed by atoms with Crippen molar-refractivity contribution in [1.29, 1.82) is 0 Å². The van der Waals surface area contributed by atoms with Crippen molar-refractivity contribution in [3.63, 3.8) is 0 Å². The molecule has 0 aliphatic carbocycles. The van der Waals surface area contributed by atoms with Crippen LogP contribution in [-0.2, 0) is 4.79 Å². The number of H-pyrrole nitrogens is 1. The number of nitrogens with zero attached hydrogens (tertiary/aromatic N) is 4. The monoisotopic (exact) mass is 428 g/mol. The number of para-hydroxylation sites is 2. The lowest BCUT2D eigenvalue weighted by atomic mass is 10.00. The van der Waals surface area contributed by atoms with Gasteiger partial charge in [-0.15, -0.1) is 0 Å². The zero-order valence-electron chi connectivity index (χ0n) is 17.8. The predicted molar refractivity (Wildman–Crippen MR) is 122 cm³/mol. The topological polar surface area (TPSA) is 95.9 Å². The van der Waals surface area contributed by atoms with Gasteiger partial charge < -0.3 is 15.2 Å². The number of hydrogen-bond acceptors (Lipinski definition) is 4. The summed E-state index contributed by atoms with van der Waals surface area (Å²) >= 11 is 0. The van der Waals surface area contributed by atoms with E-state index in [-0.39, 0.29) is 17.9 Å². The number of hydrogen-bond donors (Lipinski definition) is 2. The Morgan fingerprint density at radius 2 is 1.91 bits per heavy atom. The summed E-state index contributed by atoms with van der Waals surface area (Å²) in [6.45, 7) is 2.17. The SMILES string of the molecule is CC(=O)Nc1cnn(-c2ccc(C(=O)N3CCCCC3c3nc4ccccc4[nH]3)cc2)c1. The lowest BCUT2D eigenvalue weighted by molar-refractivity contribution is -0.114. The summed E-state index contributed by atoms with van der Waals surface area (Å²) in [5.41, 5.74) is 3.97. The van der Waals surface area contributed by atoms with Crippen LogP contribution in [0.2, 0.25) is 0 Å². The van der Waals surface area contributed by atoms with Crippen LogP contribution >= 0.6 is 0 Å². The summed E-state index contributed by atoms with van der Waals surface area (Å²) in [5, 5.41) is 6.98. The molecule has 1 fully saturated rings. The highest BCUT2D eigenvalue weighted by Gasteiger charge is 2.30. The molecule has 2 amide bonds. The third-order valence-electron chi connectivity index (χ3n) is 5.77. The van der Waals surface area contributed by atoms with Crippen molar-refractivity contribution in [2.24, 2.45) is 0 Å². The molecule has 0 bridgehead atoms. The Morgan fingerprint density at radius 1 is 1.09 bits per heavy atom. The molecule has 0 radical (unpaired) electrons. The summed E-state index contributed by atoms with van der Waals surface area (Å²) in [7, 11) is 0. The fraction of sp³-hybridized carbons (Fsp3) is 0.250. The Balaban J connectivity index is 1.37. The van der Waals surface area contributed by atoms with E-state index < -0.39 is 0 Å². The van der Waals surface area contributed by atoms with Gasteiger partial charge in [-0.05, 0) is 55.7 Å². The van der Waals surface area contributed by atoms with E-state index in [0.717, 1.165) is 41.8 Å². The van der Waals surface area contributed by atoms with Crippen LogP contribution in [0.3, 0.4) is 0 Å². The lowest BCUT2D eigenvalue weighted by Crippen LogP contribution is -2.39. The Kier molecular flexibility index (Phi) is 5.18. The molecule has 1 aliphatic rings. The van der Waals surface area contributed by atoms with Crippen LogP contribution in [0.4, 0.5) is 5.69 Å². The van der Waals surface area contributed by atoms with Gasteiger partial charge in [-0.25, -0.2) is 9.67 Å². The molecule has 1 atom stereocenters. The minimum Gasteiger partial charge on any atom is -0.340 e. The average Bonchev–Trinajstić information content (AvgIpc) is 3.45. The van der Waals surface area contributed by atoms with E-state index in [1.807, 2.05) is 53.4 Å². The van der Waals surface area contributed by atoms with E-state index in [1.54, 1.807) is 17.1 Å². The zero-order valence-corrected chi connectivity index (χ0v) is 17.8. The highest BCUT2D eigenvalue weighted by Crippen LogP contribution is 2.32. The Hall–Kier alpha value is -3.94. The van der Waals surface area contributed by atoms with Gasteiger partial charge in [0.05, 0.1) is 40.8 Å². The number of carbonyl (C=O) groups is 2. The number of nitrogens with one attached hydrogen (secondary N) is 2. The van der Waals surface area contributed by atoms with Gasteiger partial charge in [-0.2, -0.15) is 5.10 Å². The van der Waals surface area contributed by atoms with Crippen LogP contribution < -0.4 is 5.32 Å². The number of piperidine rings is 1. The lowest BCUT2D eigenvalue weighted by Gasteiger charge is -2.34. The molecule has 1 aliphatic heterocycles. The second-order valence-corrected chi connectivity index (χ2v) is 8.05. The highest BCUT2D eigenvalue weighted by atomic mass is 16.2. The Bertz CT molecular complexity index is 1240. The number of anilines is 1. The van der Waals surface area contributed by atoms with Crippen molar-refractivity contribution in [1.82, 2.24) is 24.6 Å². The van der Waals surface area contributed by atoms with Crippen LogP contribution in [-0.4, -0.2) is 43.0 Å². The van der Waals surface area contributed by atoms with Crippen LogP contribution in [0.1, 0.15) is 48.4 Å². The highest BCUT2D eigenvalue weighted by molar-refractivity contribution is 5.95. The number of aromatic nitrogens is 4. The molecule has 8 nitrogen and oxygen atoms in total. The molecule has 2 aromatic carbocycles. The fourth-order valence-electron chi connectivity index (χ4n) is 4.24. The molecule has 1 saturated heterocycles. The van der Waals surface area contributed by atoms with Crippen LogP contribution in [0, 0.1) is 0 Å². The molecule has 5 rings (SSSR count). The van der Waals surface area contributed by atoms with Crippen molar-refractivity contribution in [3.05, 3.63) is 72.3 Å². The van der Waals surface area contributed by atoms with Gasteiger partial charge in [-0.1, -0.05) is 12.1 Å². The zero-order chi connectivity index (χ0) is 22.1.